The number of hydrogen-bond acceptors (Lipinski definition) is 3. The van der Waals surface area contributed by atoms with Crippen LogP contribution in [-0.2, 0) is 0 Å². The average Bonchev–Trinajstić information content (AvgIpc) is 2.33. The molecule has 1 heterocycles. The molecule has 0 atom stereocenters. The second-order valence-electron chi connectivity index (χ2n) is 4.02. The number of carbonyl (C=O) groups is 1. The number of anilines is 2. The number of nitrogen functional groups attached to an aromatic ring is 1. The van der Waals surface area contributed by atoms with E-state index in [2.05, 4.69) is 10.3 Å². The van der Waals surface area contributed by atoms with Crippen molar-refractivity contribution < 1.29 is 9.18 Å². The van der Waals surface area contributed by atoms with Crippen LogP contribution in [0.1, 0.15) is 15.9 Å². The normalized spacial score (nSPS) is 10.3. The topological polar surface area (TPSA) is 68.0 Å². The number of aromatic nitrogens is 1. The third kappa shape index (κ3) is 3.00. The average molecular weight is 280 g/mol. The molecular formula is C13H11ClFN3O. The van der Waals surface area contributed by atoms with Crippen LogP contribution in [0.4, 0.5) is 15.8 Å². The lowest BCUT2D eigenvalue weighted by atomic mass is 10.1. The summed E-state index contributed by atoms with van der Waals surface area (Å²) in [5.41, 5.74) is 6.58. The molecule has 0 saturated heterocycles. The Morgan fingerprint density at radius 2 is 2.16 bits per heavy atom. The number of carbonyl (C=O) groups excluding carboxylic acids is 1. The third-order valence-electron chi connectivity index (χ3n) is 2.51. The third-order valence-corrected chi connectivity index (χ3v) is 2.71. The lowest BCUT2D eigenvalue weighted by molar-refractivity contribution is 0.102. The summed E-state index contributed by atoms with van der Waals surface area (Å²) in [6, 6.07) is 5.78. The zero-order valence-corrected chi connectivity index (χ0v) is 10.8. The van der Waals surface area contributed by atoms with Gasteiger partial charge in [0.1, 0.15) is 11.0 Å². The standard InChI is InChI=1S/C13H11ClFN3O/c1-7-4-8(16)5-10(12(7)15)13(19)18-9-2-3-17-11(14)6-9/h2-6H,16H2,1H3,(H,17,18,19). The van der Waals surface area contributed by atoms with Crippen molar-refractivity contribution in [3.8, 4) is 0 Å². The molecule has 0 aliphatic rings. The molecule has 0 aliphatic heterocycles. The fourth-order valence-electron chi connectivity index (χ4n) is 1.64. The predicted octanol–water partition coefficient (Wildman–Crippen LogP) is 3.02. The molecule has 2 aromatic rings. The number of aryl methyl sites for hydroxylation is 1. The minimum atomic E-state index is -0.591. The summed E-state index contributed by atoms with van der Waals surface area (Å²) < 4.78 is 13.9. The van der Waals surface area contributed by atoms with Crippen molar-refractivity contribution in [1.82, 2.24) is 4.98 Å². The summed E-state index contributed by atoms with van der Waals surface area (Å²) >= 11 is 5.70. The van der Waals surface area contributed by atoms with Gasteiger partial charge in [0.15, 0.2) is 0 Å². The molecule has 0 saturated carbocycles. The largest absolute Gasteiger partial charge is 0.399 e. The van der Waals surface area contributed by atoms with Gasteiger partial charge in [-0.2, -0.15) is 0 Å². The van der Waals surface area contributed by atoms with Crippen molar-refractivity contribution >= 4 is 28.9 Å². The quantitative estimate of drug-likeness (QED) is 0.656. The number of pyridine rings is 1. The summed E-state index contributed by atoms with van der Waals surface area (Å²) in [5, 5.41) is 2.77. The molecule has 2 rings (SSSR count). The van der Waals surface area contributed by atoms with E-state index in [1.807, 2.05) is 0 Å². The van der Waals surface area contributed by atoms with Gasteiger partial charge in [-0.3, -0.25) is 4.79 Å². The number of rotatable bonds is 2. The Kier molecular flexibility index (Phi) is 3.66. The Labute approximate surface area is 114 Å². The molecule has 19 heavy (non-hydrogen) atoms. The molecular weight excluding hydrogens is 269 g/mol. The van der Waals surface area contributed by atoms with E-state index in [9.17, 15) is 9.18 Å². The van der Waals surface area contributed by atoms with Crippen molar-refractivity contribution in [2.75, 3.05) is 11.1 Å². The van der Waals surface area contributed by atoms with E-state index in [-0.39, 0.29) is 10.7 Å². The molecule has 1 amide bonds. The molecule has 6 heteroatoms. The number of halogens is 2. The van der Waals surface area contributed by atoms with Gasteiger partial charge >= 0.3 is 0 Å². The summed E-state index contributed by atoms with van der Waals surface area (Å²) in [5.74, 6) is -1.18. The van der Waals surface area contributed by atoms with Gasteiger partial charge < -0.3 is 11.1 Å². The molecule has 4 nitrogen and oxygen atoms in total. The molecule has 0 unspecified atom stereocenters. The van der Waals surface area contributed by atoms with Crippen LogP contribution in [0.3, 0.4) is 0 Å². The zero-order chi connectivity index (χ0) is 14.0. The van der Waals surface area contributed by atoms with Gasteiger partial charge in [0.25, 0.3) is 5.91 Å². The summed E-state index contributed by atoms with van der Waals surface area (Å²) in [7, 11) is 0. The van der Waals surface area contributed by atoms with Gasteiger partial charge in [0.05, 0.1) is 5.56 Å². The Morgan fingerprint density at radius 1 is 1.42 bits per heavy atom. The van der Waals surface area contributed by atoms with Crippen LogP contribution in [0, 0.1) is 12.7 Å². The molecule has 98 valence electrons. The lowest BCUT2D eigenvalue weighted by Gasteiger charge is -2.08. The maximum absolute atomic E-state index is 13.9. The van der Waals surface area contributed by atoms with E-state index in [1.165, 1.54) is 24.4 Å². The van der Waals surface area contributed by atoms with Crippen molar-refractivity contribution in [3.05, 3.63) is 52.6 Å². The monoisotopic (exact) mass is 279 g/mol. The molecule has 1 aromatic carbocycles. The highest BCUT2D eigenvalue weighted by atomic mass is 35.5. The fraction of sp³-hybridized carbons (Fsp3) is 0.0769. The van der Waals surface area contributed by atoms with Gasteiger partial charge in [-0.25, -0.2) is 9.37 Å². The highest BCUT2D eigenvalue weighted by Gasteiger charge is 2.15. The van der Waals surface area contributed by atoms with E-state index >= 15 is 0 Å². The van der Waals surface area contributed by atoms with Gasteiger partial charge in [-0.1, -0.05) is 11.6 Å². The first-order valence-electron chi connectivity index (χ1n) is 5.46. The second kappa shape index (κ2) is 5.24. The van der Waals surface area contributed by atoms with E-state index in [1.54, 1.807) is 13.0 Å². The molecule has 0 aliphatic carbocycles. The van der Waals surface area contributed by atoms with Gasteiger partial charge in [0.2, 0.25) is 0 Å². The Bertz CT molecular complexity index is 646. The SMILES string of the molecule is Cc1cc(N)cc(C(=O)Nc2ccnc(Cl)c2)c1F. The minimum absolute atomic E-state index is 0.106. The van der Waals surface area contributed by atoms with Crippen molar-refractivity contribution in [2.45, 2.75) is 6.92 Å². The second-order valence-corrected chi connectivity index (χ2v) is 4.41. The molecule has 1 aromatic heterocycles. The first-order valence-corrected chi connectivity index (χ1v) is 5.83. The lowest BCUT2D eigenvalue weighted by Crippen LogP contribution is -2.15. The number of nitrogens with zero attached hydrogens (tertiary/aromatic N) is 1. The number of hydrogen-bond donors (Lipinski definition) is 2. The number of amides is 1. The maximum atomic E-state index is 13.9. The van der Waals surface area contributed by atoms with E-state index < -0.39 is 11.7 Å². The summed E-state index contributed by atoms with van der Waals surface area (Å²) in [6.07, 6.45) is 1.44. The van der Waals surface area contributed by atoms with Gasteiger partial charge in [-0.15, -0.1) is 0 Å². The Hall–Kier alpha value is -2.14. The predicted molar refractivity (Wildman–Crippen MR) is 72.7 cm³/mol. The van der Waals surface area contributed by atoms with Crippen LogP contribution in [0.15, 0.2) is 30.5 Å². The van der Waals surface area contributed by atoms with E-state index in [0.717, 1.165) is 0 Å². The van der Waals surface area contributed by atoms with Gasteiger partial charge in [-0.05, 0) is 36.8 Å². The highest BCUT2D eigenvalue weighted by molar-refractivity contribution is 6.29. The van der Waals surface area contributed by atoms with E-state index in [4.69, 9.17) is 17.3 Å². The number of benzene rings is 1. The van der Waals surface area contributed by atoms with Crippen LogP contribution >= 0.6 is 11.6 Å². The zero-order valence-electron chi connectivity index (χ0n) is 10.1. The number of nitrogens with two attached hydrogens (primary N) is 1. The summed E-state index contributed by atoms with van der Waals surface area (Å²) in [4.78, 5) is 15.8. The van der Waals surface area contributed by atoms with Gasteiger partial charge in [0, 0.05) is 17.6 Å². The molecule has 0 fully saturated rings. The van der Waals surface area contributed by atoms with Crippen LogP contribution in [0.5, 0.6) is 0 Å². The van der Waals surface area contributed by atoms with Crippen LogP contribution in [-0.4, -0.2) is 10.9 Å². The smallest absolute Gasteiger partial charge is 0.258 e. The first-order chi connectivity index (χ1) is 8.97. The molecule has 0 bridgehead atoms. The van der Waals surface area contributed by atoms with E-state index in [0.29, 0.717) is 16.9 Å². The van der Waals surface area contributed by atoms with Crippen LogP contribution in [0.2, 0.25) is 5.15 Å². The molecule has 0 spiro atoms. The van der Waals surface area contributed by atoms with Crippen molar-refractivity contribution in [1.29, 1.82) is 0 Å². The highest BCUT2D eigenvalue weighted by Crippen LogP contribution is 2.19. The first kappa shape index (κ1) is 13.3. The van der Waals surface area contributed by atoms with Crippen molar-refractivity contribution in [2.24, 2.45) is 0 Å². The summed E-state index contributed by atoms with van der Waals surface area (Å²) in [6.45, 7) is 1.55. The van der Waals surface area contributed by atoms with Crippen LogP contribution < -0.4 is 11.1 Å². The molecule has 3 N–H and O–H groups in total. The van der Waals surface area contributed by atoms with Crippen LogP contribution in [0.25, 0.3) is 0 Å². The number of nitrogens with one attached hydrogen (secondary N) is 1. The Balaban J connectivity index is 2.30. The minimum Gasteiger partial charge on any atom is -0.399 e. The molecule has 0 radical (unpaired) electrons. The Morgan fingerprint density at radius 3 is 2.84 bits per heavy atom. The maximum Gasteiger partial charge on any atom is 0.258 e. The fourth-order valence-corrected chi connectivity index (χ4v) is 1.82. The van der Waals surface area contributed by atoms with Crippen molar-refractivity contribution in [3.63, 3.8) is 0 Å².